The molecular formula is C19H22FN3O2. The number of ether oxygens (including phenoxy) is 1. The summed E-state index contributed by atoms with van der Waals surface area (Å²) in [6.45, 7) is 2.59. The van der Waals surface area contributed by atoms with Crippen LogP contribution in [0, 0.1) is 11.7 Å². The summed E-state index contributed by atoms with van der Waals surface area (Å²) in [5.74, 6) is 0.399. The van der Waals surface area contributed by atoms with Gasteiger partial charge in [0, 0.05) is 50.0 Å². The Labute approximate surface area is 146 Å². The van der Waals surface area contributed by atoms with Crippen LogP contribution in [0.15, 0.2) is 30.5 Å². The fourth-order valence-corrected chi connectivity index (χ4v) is 3.49. The van der Waals surface area contributed by atoms with Gasteiger partial charge < -0.3 is 9.64 Å². The number of fused-ring (bicyclic) bond motifs is 1. The summed E-state index contributed by atoms with van der Waals surface area (Å²) in [7, 11) is 1.67. The molecule has 1 amide bonds. The van der Waals surface area contributed by atoms with Crippen LogP contribution >= 0.6 is 0 Å². The summed E-state index contributed by atoms with van der Waals surface area (Å²) in [6.07, 6.45) is 4.63. The molecular weight excluding hydrogens is 321 g/mol. The quantitative estimate of drug-likeness (QED) is 0.839. The first-order chi connectivity index (χ1) is 12.1. The molecule has 1 aromatic carbocycles. The molecule has 1 saturated carbocycles. The molecule has 132 valence electrons. The van der Waals surface area contributed by atoms with Gasteiger partial charge >= 0.3 is 0 Å². The molecule has 5 nitrogen and oxygen atoms in total. The third-order valence-electron chi connectivity index (χ3n) is 4.95. The van der Waals surface area contributed by atoms with Crippen LogP contribution in [0.4, 0.5) is 4.39 Å². The van der Waals surface area contributed by atoms with Gasteiger partial charge in [-0.25, -0.2) is 4.39 Å². The van der Waals surface area contributed by atoms with Gasteiger partial charge in [0.1, 0.15) is 5.82 Å². The maximum absolute atomic E-state index is 13.1. The van der Waals surface area contributed by atoms with Gasteiger partial charge in [0.2, 0.25) is 0 Å². The summed E-state index contributed by atoms with van der Waals surface area (Å²) < 4.78 is 20.5. The molecule has 25 heavy (non-hydrogen) atoms. The van der Waals surface area contributed by atoms with Crippen molar-refractivity contribution in [3.05, 3.63) is 53.1 Å². The minimum atomic E-state index is -0.337. The SMILES string of the molecule is COCC1CN(C(=O)c2ccc(F)cc2)Cc2cn(CC3CC3)nc21. The first-order valence-electron chi connectivity index (χ1n) is 8.74. The monoisotopic (exact) mass is 343 g/mol. The van der Waals surface area contributed by atoms with Crippen LogP contribution in [-0.2, 0) is 17.8 Å². The number of carbonyl (C=O) groups excluding carboxylic acids is 1. The lowest BCUT2D eigenvalue weighted by atomic mass is 9.96. The number of carbonyl (C=O) groups is 1. The number of hydrogen-bond donors (Lipinski definition) is 0. The van der Waals surface area contributed by atoms with E-state index >= 15 is 0 Å². The lowest BCUT2D eigenvalue weighted by Crippen LogP contribution is -2.39. The molecule has 0 radical (unpaired) electrons. The summed E-state index contributed by atoms with van der Waals surface area (Å²) >= 11 is 0. The molecule has 4 rings (SSSR count). The molecule has 0 bridgehead atoms. The van der Waals surface area contributed by atoms with Crippen molar-refractivity contribution in [3.8, 4) is 0 Å². The van der Waals surface area contributed by atoms with E-state index < -0.39 is 0 Å². The number of aromatic nitrogens is 2. The topological polar surface area (TPSA) is 47.4 Å². The van der Waals surface area contributed by atoms with Crippen LogP contribution in [-0.4, -0.2) is 40.8 Å². The van der Waals surface area contributed by atoms with Gasteiger partial charge in [-0.3, -0.25) is 9.48 Å². The fourth-order valence-electron chi connectivity index (χ4n) is 3.49. The van der Waals surface area contributed by atoms with Crippen molar-refractivity contribution in [1.82, 2.24) is 14.7 Å². The van der Waals surface area contributed by atoms with Gasteiger partial charge in [0.25, 0.3) is 5.91 Å². The summed E-state index contributed by atoms with van der Waals surface area (Å²) in [4.78, 5) is 14.6. The molecule has 1 aliphatic heterocycles. The second-order valence-corrected chi connectivity index (χ2v) is 7.05. The normalized spacial score (nSPS) is 19.8. The Morgan fingerprint density at radius 3 is 2.76 bits per heavy atom. The van der Waals surface area contributed by atoms with Crippen molar-refractivity contribution in [2.45, 2.75) is 31.8 Å². The fraction of sp³-hybridized carbons (Fsp3) is 0.474. The summed E-state index contributed by atoms with van der Waals surface area (Å²) in [5.41, 5.74) is 2.64. The highest BCUT2D eigenvalue weighted by Crippen LogP contribution is 2.33. The molecule has 0 spiro atoms. The van der Waals surface area contributed by atoms with Gasteiger partial charge in [0.05, 0.1) is 12.3 Å². The highest BCUT2D eigenvalue weighted by atomic mass is 19.1. The molecule has 1 fully saturated rings. The molecule has 2 aromatic rings. The second-order valence-electron chi connectivity index (χ2n) is 7.05. The maximum atomic E-state index is 13.1. The van der Waals surface area contributed by atoms with E-state index in [1.807, 2.05) is 9.58 Å². The highest BCUT2D eigenvalue weighted by molar-refractivity contribution is 5.94. The third kappa shape index (κ3) is 3.44. The first-order valence-corrected chi connectivity index (χ1v) is 8.74. The minimum absolute atomic E-state index is 0.0681. The average molecular weight is 343 g/mol. The number of methoxy groups -OCH3 is 1. The predicted molar refractivity (Wildman–Crippen MR) is 90.7 cm³/mol. The number of nitrogens with zero attached hydrogens (tertiary/aromatic N) is 3. The lowest BCUT2D eigenvalue weighted by molar-refractivity contribution is 0.0678. The summed E-state index contributed by atoms with van der Waals surface area (Å²) in [5, 5.41) is 4.76. The summed E-state index contributed by atoms with van der Waals surface area (Å²) in [6, 6.07) is 5.72. The molecule has 1 atom stereocenters. The number of hydrogen-bond acceptors (Lipinski definition) is 3. The average Bonchev–Trinajstić information content (AvgIpc) is 3.32. The van der Waals surface area contributed by atoms with Crippen molar-refractivity contribution < 1.29 is 13.9 Å². The van der Waals surface area contributed by atoms with Gasteiger partial charge in [-0.1, -0.05) is 0 Å². The van der Waals surface area contributed by atoms with Crippen molar-refractivity contribution in [2.24, 2.45) is 5.92 Å². The molecule has 6 heteroatoms. The zero-order valence-corrected chi connectivity index (χ0v) is 14.3. The van der Waals surface area contributed by atoms with Gasteiger partial charge in [0.15, 0.2) is 0 Å². The molecule has 0 N–H and O–H groups in total. The van der Waals surface area contributed by atoms with E-state index in [0.717, 1.165) is 23.7 Å². The molecule has 2 heterocycles. The predicted octanol–water partition coefficient (Wildman–Crippen LogP) is 2.82. The van der Waals surface area contributed by atoms with E-state index in [-0.39, 0.29) is 17.6 Å². The van der Waals surface area contributed by atoms with Crippen LogP contribution in [0.25, 0.3) is 0 Å². The number of rotatable bonds is 5. The molecule has 1 unspecified atom stereocenters. The number of halogens is 1. The molecule has 1 aliphatic carbocycles. The molecule has 2 aliphatic rings. The Hall–Kier alpha value is -2.21. The van der Waals surface area contributed by atoms with Crippen LogP contribution in [0.2, 0.25) is 0 Å². The molecule has 0 saturated heterocycles. The Kier molecular flexibility index (Phi) is 4.29. The van der Waals surface area contributed by atoms with Gasteiger partial charge in [-0.15, -0.1) is 0 Å². The Morgan fingerprint density at radius 2 is 2.08 bits per heavy atom. The number of benzene rings is 1. The number of amides is 1. The molecule has 1 aromatic heterocycles. The van der Waals surface area contributed by atoms with E-state index in [4.69, 9.17) is 9.84 Å². The first kappa shape index (κ1) is 16.3. The van der Waals surface area contributed by atoms with Crippen molar-refractivity contribution in [1.29, 1.82) is 0 Å². The van der Waals surface area contributed by atoms with Crippen molar-refractivity contribution in [3.63, 3.8) is 0 Å². The van der Waals surface area contributed by atoms with E-state index in [9.17, 15) is 9.18 Å². The van der Waals surface area contributed by atoms with E-state index in [1.165, 1.54) is 37.1 Å². The van der Waals surface area contributed by atoms with Crippen molar-refractivity contribution >= 4 is 5.91 Å². The zero-order chi connectivity index (χ0) is 17.4. The van der Waals surface area contributed by atoms with E-state index in [1.54, 1.807) is 7.11 Å². The minimum Gasteiger partial charge on any atom is -0.384 e. The standard InChI is InChI=1S/C19H22FN3O2/c1-25-12-16-10-22(19(24)14-4-6-17(20)7-5-14)9-15-11-23(21-18(15)16)8-13-2-3-13/h4-7,11,13,16H,2-3,8-10,12H2,1H3. The lowest BCUT2D eigenvalue weighted by Gasteiger charge is -2.31. The van der Waals surface area contributed by atoms with Crippen LogP contribution < -0.4 is 0 Å². The van der Waals surface area contributed by atoms with Crippen molar-refractivity contribution in [2.75, 3.05) is 20.3 Å². The Balaban J connectivity index is 1.57. The van der Waals surface area contributed by atoms with Gasteiger partial charge in [-0.05, 0) is 43.0 Å². The van der Waals surface area contributed by atoms with E-state index in [0.29, 0.717) is 25.3 Å². The Bertz CT molecular complexity index is 767. The second kappa shape index (κ2) is 6.59. The Morgan fingerprint density at radius 1 is 1.32 bits per heavy atom. The highest BCUT2D eigenvalue weighted by Gasteiger charge is 2.32. The van der Waals surface area contributed by atoms with Gasteiger partial charge in [-0.2, -0.15) is 5.10 Å². The van der Waals surface area contributed by atoms with E-state index in [2.05, 4.69) is 6.20 Å². The largest absolute Gasteiger partial charge is 0.384 e. The van der Waals surface area contributed by atoms with Crippen LogP contribution in [0.1, 0.15) is 40.4 Å². The maximum Gasteiger partial charge on any atom is 0.254 e. The smallest absolute Gasteiger partial charge is 0.254 e. The zero-order valence-electron chi connectivity index (χ0n) is 14.3. The van der Waals surface area contributed by atoms with Crippen LogP contribution in [0.3, 0.4) is 0 Å². The van der Waals surface area contributed by atoms with Crippen LogP contribution in [0.5, 0.6) is 0 Å². The third-order valence-corrected chi connectivity index (χ3v) is 4.95.